The first-order valence-corrected chi connectivity index (χ1v) is 24.9. The third-order valence-electron chi connectivity index (χ3n) is 12.5. The van der Waals surface area contributed by atoms with Gasteiger partial charge in [-0.2, -0.15) is 4.73 Å². The normalized spacial score (nSPS) is 17.0. The third kappa shape index (κ3) is 17.0. The van der Waals surface area contributed by atoms with E-state index >= 15 is 0 Å². The van der Waals surface area contributed by atoms with Gasteiger partial charge in [0.1, 0.15) is 37.3 Å². The first-order valence-electron chi connectivity index (χ1n) is 23.4. The maximum atomic E-state index is 14.7. The van der Waals surface area contributed by atoms with Crippen molar-refractivity contribution in [3.63, 3.8) is 0 Å². The molecule has 0 spiro atoms. The van der Waals surface area contributed by atoms with Crippen LogP contribution < -0.4 is 26.0 Å². The summed E-state index contributed by atoms with van der Waals surface area (Å²) in [6, 6.07) is 8.29. The standard InChI is InChI=1S/C47H70N9O12P/c1-8-31(6)42(46(62)49-26-34-17-12-13-20-56(34)64)53-43(59)35(30(4)5)24-40(57)36(21-29(2)3)51-45(61)39(23-33-25-48-28-50-33)54(7)47(63)37(22-32-15-10-9-11-16-32)52-44(60)38-18-14-19-55(38)41(58)27-68-69(65,66)67/h9-13,15-17,20,25,28-31,35-40,42,57H,8,14,18-19,21-24,26-27H2,1-7H3,(H,48,50)(H,49,62)(H,51,61)(H,52,60)(H,53,59)(H2,65,66,67)/t31-,35-,36-,37-,38-,39-,40?,42-/m0/s1. The van der Waals surface area contributed by atoms with Gasteiger partial charge in [0, 0.05) is 56.4 Å². The Labute approximate surface area is 403 Å². The van der Waals surface area contributed by atoms with Crippen LogP contribution in [0.4, 0.5) is 0 Å². The number of imidazole rings is 1. The zero-order valence-electron chi connectivity index (χ0n) is 40.4. The number of nitrogens with one attached hydrogen (secondary N) is 5. The summed E-state index contributed by atoms with van der Waals surface area (Å²) in [6.45, 7) is 10.3. The van der Waals surface area contributed by atoms with E-state index in [4.69, 9.17) is 9.79 Å². The van der Waals surface area contributed by atoms with Gasteiger partial charge in [0.2, 0.25) is 41.1 Å². The molecule has 4 rings (SSSR count). The van der Waals surface area contributed by atoms with Gasteiger partial charge in [-0.15, -0.1) is 0 Å². The summed E-state index contributed by atoms with van der Waals surface area (Å²) in [7, 11) is -3.55. The van der Waals surface area contributed by atoms with Gasteiger partial charge in [-0.1, -0.05) is 78.3 Å². The Morgan fingerprint density at radius 2 is 1.65 bits per heavy atom. The van der Waals surface area contributed by atoms with Crippen LogP contribution in [0.5, 0.6) is 0 Å². The van der Waals surface area contributed by atoms with Gasteiger partial charge in [0.25, 0.3) is 0 Å². The highest BCUT2D eigenvalue weighted by Gasteiger charge is 2.40. The van der Waals surface area contributed by atoms with E-state index in [1.165, 1.54) is 30.7 Å². The van der Waals surface area contributed by atoms with Gasteiger partial charge < -0.3 is 56.2 Å². The molecule has 21 nitrogen and oxygen atoms in total. The monoisotopic (exact) mass is 983 g/mol. The van der Waals surface area contributed by atoms with Gasteiger partial charge in [-0.05, 0) is 55.1 Å². The number of hydrogen-bond acceptors (Lipinski definition) is 11. The average Bonchev–Trinajstić information content (AvgIpc) is 4.02. The number of pyridine rings is 1. The fraction of sp³-hybridized carbons (Fsp3) is 0.574. The van der Waals surface area contributed by atoms with Crippen molar-refractivity contribution in [1.29, 1.82) is 0 Å². The quantitative estimate of drug-likeness (QED) is 0.0323. The van der Waals surface area contributed by atoms with Gasteiger partial charge in [-0.3, -0.25) is 33.3 Å². The molecule has 0 aliphatic carbocycles. The molecular weight excluding hydrogens is 914 g/mol. The third-order valence-corrected chi connectivity index (χ3v) is 13.0. The number of aliphatic hydroxyl groups excluding tert-OH is 1. The van der Waals surface area contributed by atoms with Gasteiger partial charge in [-0.25, -0.2) is 9.55 Å². The van der Waals surface area contributed by atoms with Crippen molar-refractivity contribution in [3.05, 3.63) is 89.4 Å². The molecule has 1 aliphatic rings. The largest absolute Gasteiger partial charge is 0.618 e. The number of likely N-dealkylation sites (N-methyl/N-ethyl adjacent to an activating group) is 1. The molecule has 1 aromatic carbocycles. The number of carbonyl (C=O) groups excluding carboxylic acids is 6. The second kappa shape index (κ2) is 26.3. The highest BCUT2D eigenvalue weighted by molar-refractivity contribution is 7.46. The summed E-state index contributed by atoms with van der Waals surface area (Å²) in [5.74, 6) is -5.17. The van der Waals surface area contributed by atoms with Gasteiger partial charge >= 0.3 is 7.82 Å². The zero-order valence-corrected chi connectivity index (χ0v) is 41.3. The van der Waals surface area contributed by atoms with Crippen LogP contribution in [-0.2, 0) is 57.2 Å². The molecule has 8 atom stereocenters. The minimum absolute atomic E-state index is 0.00378. The maximum Gasteiger partial charge on any atom is 0.470 e. The SMILES string of the molecule is CC[C@H](C)[C@H](NC(=O)[C@@H](CC(O)[C@H](CC(C)C)NC(=O)[C@H](Cc1cnc[nH]1)N(C)C(=O)[C@H](Cc1ccccc1)NC(=O)[C@@H]1CCCN1C(=O)COP(=O)(O)O)C(C)C)C(=O)NCc1cccc[n+]1[O-]. The molecule has 2 aromatic heterocycles. The molecule has 22 heteroatoms. The fourth-order valence-corrected chi connectivity index (χ4v) is 8.62. The molecule has 1 saturated heterocycles. The van der Waals surface area contributed by atoms with E-state index in [0.717, 1.165) is 4.90 Å². The number of aliphatic hydroxyl groups is 1. The molecule has 8 N–H and O–H groups in total. The number of aromatic amines is 1. The summed E-state index contributed by atoms with van der Waals surface area (Å²) in [5, 5.41) is 35.6. The van der Waals surface area contributed by atoms with Crippen molar-refractivity contribution in [2.75, 3.05) is 20.2 Å². The van der Waals surface area contributed by atoms with Crippen molar-refractivity contribution < 1.29 is 57.5 Å². The number of amides is 6. The molecule has 3 heterocycles. The topological polar surface area (TPSA) is 300 Å². The number of phosphoric acid groups is 1. The van der Waals surface area contributed by atoms with Crippen LogP contribution in [0, 0.1) is 28.9 Å². The first kappa shape index (κ1) is 55.9. The van der Waals surface area contributed by atoms with Crippen LogP contribution in [0.15, 0.2) is 67.3 Å². The Bertz CT molecular complexity index is 2210. The second-order valence-corrected chi connectivity index (χ2v) is 19.8. The number of likely N-dealkylation sites (tertiary alicyclic amines) is 1. The summed E-state index contributed by atoms with van der Waals surface area (Å²) in [5.41, 5.74) is 1.50. The summed E-state index contributed by atoms with van der Waals surface area (Å²) < 4.78 is 16.3. The number of H-pyrrole nitrogens is 1. The lowest BCUT2D eigenvalue weighted by atomic mass is 9.85. The molecule has 1 aliphatic heterocycles. The van der Waals surface area contributed by atoms with E-state index in [-0.39, 0.29) is 62.9 Å². The molecule has 0 saturated carbocycles. The minimum atomic E-state index is -4.97. The van der Waals surface area contributed by atoms with Crippen molar-refractivity contribution in [3.8, 4) is 0 Å². The van der Waals surface area contributed by atoms with Crippen LogP contribution in [0.1, 0.15) is 90.6 Å². The van der Waals surface area contributed by atoms with E-state index in [9.17, 15) is 43.6 Å². The van der Waals surface area contributed by atoms with Gasteiger partial charge in [0.05, 0.1) is 18.5 Å². The molecule has 0 bridgehead atoms. The lowest BCUT2D eigenvalue weighted by molar-refractivity contribution is -0.614. The predicted molar refractivity (Wildman–Crippen MR) is 253 cm³/mol. The molecule has 1 fully saturated rings. The molecule has 3 aromatic rings. The highest BCUT2D eigenvalue weighted by Crippen LogP contribution is 2.36. The van der Waals surface area contributed by atoms with E-state index in [1.54, 1.807) is 48.5 Å². The molecule has 380 valence electrons. The Kier molecular flexibility index (Phi) is 21.3. The van der Waals surface area contributed by atoms with Crippen LogP contribution in [0.3, 0.4) is 0 Å². The molecular formula is C47H70N9O12P. The Morgan fingerprint density at radius 3 is 2.26 bits per heavy atom. The van der Waals surface area contributed by atoms with Crippen molar-refractivity contribution in [1.82, 2.24) is 41.0 Å². The highest BCUT2D eigenvalue weighted by atomic mass is 31.2. The van der Waals surface area contributed by atoms with Crippen LogP contribution in [0.25, 0.3) is 0 Å². The van der Waals surface area contributed by atoms with Crippen LogP contribution >= 0.6 is 7.82 Å². The van der Waals surface area contributed by atoms with E-state index in [2.05, 4.69) is 35.8 Å². The molecule has 6 amide bonds. The minimum Gasteiger partial charge on any atom is -0.618 e. The van der Waals surface area contributed by atoms with Gasteiger partial charge in [0.15, 0.2) is 6.20 Å². The number of hydrogen-bond donors (Lipinski definition) is 8. The number of benzene rings is 1. The first-order chi connectivity index (χ1) is 32.6. The number of rotatable bonds is 26. The Balaban J connectivity index is 1.56. The Hall–Kier alpha value is -5.73. The fourth-order valence-electron chi connectivity index (χ4n) is 8.34. The number of nitrogens with zero attached hydrogens (tertiary/aromatic N) is 4. The number of carbonyl (C=O) groups is 6. The number of aromatic nitrogens is 3. The van der Waals surface area contributed by atoms with E-state index < -0.39 is 92.1 Å². The molecule has 69 heavy (non-hydrogen) atoms. The lowest BCUT2D eigenvalue weighted by Crippen LogP contribution is -2.59. The Morgan fingerprint density at radius 1 is 0.957 bits per heavy atom. The number of phosphoric ester groups is 1. The van der Waals surface area contributed by atoms with Crippen LogP contribution in [0.2, 0.25) is 0 Å². The van der Waals surface area contributed by atoms with Crippen LogP contribution in [-0.4, -0.2) is 127 Å². The van der Waals surface area contributed by atoms with Crippen molar-refractivity contribution in [2.45, 2.75) is 129 Å². The van der Waals surface area contributed by atoms with E-state index in [1.807, 2.05) is 41.5 Å². The maximum absolute atomic E-state index is 14.7. The zero-order chi connectivity index (χ0) is 51.0. The predicted octanol–water partition coefficient (Wildman–Crippen LogP) is 1.64. The molecule has 1 unspecified atom stereocenters. The summed E-state index contributed by atoms with van der Waals surface area (Å²) >= 11 is 0. The second-order valence-electron chi connectivity index (χ2n) is 18.5. The summed E-state index contributed by atoms with van der Waals surface area (Å²) in [4.78, 5) is 112. The van der Waals surface area contributed by atoms with E-state index in [0.29, 0.717) is 34.5 Å². The molecule has 0 radical (unpaired) electrons. The summed E-state index contributed by atoms with van der Waals surface area (Å²) in [6.07, 6.45) is 4.30. The van der Waals surface area contributed by atoms with Crippen molar-refractivity contribution >= 4 is 43.3 Å². The average molecular weight is 984 g/mol. The smallest absolute Gasteiger partial charge is 0.470 e. The van der Waals surface area contributed by atoms with Crippen molar-refractivity contribution in [2.24, 2.45) is 23.7 Å². The lowest BCUT2D eigenvalue weighted by Gasteiger charge is -2.35.